The molecule has 0 atom stereocenters. The van der Waals surface area contributed by atoms with Gasteiger partial charge < -0.3 is 5.32 Å². The largest absolute Gasteiger partial charge is 0.313 e. The third-order valence-electron chi connectivity index (χ3n) is 4.48. The van der Waals surface area contributed by atoms with Crippen molar-refractivity contribution in [2.75, 3.05) is 13.6 Å². The molecule has 1 N–H and O–H groups in total. The first kappa shape index (κ1) is 15.5. The summed E-state index contributed by atoms with van der Waals surface area (Å²) in [6.07, 6.45) is 8.22. The maximum atomic E-state index is 3.53. The lowest BCUT2D eigenvalue weighted by molar-refractivity contribution is 0.184. The summed E-state index contributed by atoms with van der Waals surface area (Å²) in [7, 11) is 2.30. The summed E-state index contributed by atoms with van der Waals surface area (Å²) in [5.74, 6) is 0. The van der Waals surface area contributed by atoms with E-state index in [1.54, 1.807) is 0 Å². The standard InChI is InChI=1S/C18H30N2/c1-3-13-19-14-16-9-7-8-10-17(16)15-20(2)18-11-5-4-6-12-18/h7-10,18-19H,3-6,11-15H2,1-2H3. The highest BCUT2D eigenvalue weighted by Crippen LogP contribution is 2.23. The van der Waals surface area contributed by atoms with Crippen LogP contribution in [-0.2, 0) is 13.1 Å². The molecule has 0 heterocycles. The fourth-order valence-corrected chi connectivity index (χ4v) is 3.20. The van der Waals surface area contributed by atoms with Crippen molar-refractivity contribution in [3.63, 3.8) is 0 Å². The van der Waals surface area contributed by atoms with Crippen molar-refractivity contribution >= 4 is 0 Å². The third kappa shape index (κ3) is 4.60. The minimum Gasteiger partial charge on any atom is -0.313 e. The average molecular weight is 274 g/mol. The van der Waals surface area contributed by atoms with Crippen molar-refractivity contribution in [2.24, 2.45) is 0 Å². The molecule has 1 aliphatic rings. The molecule has 0 aliphatic heterocycles. The zero-order valence-corrected chi connectivity index (χ0v) is 13.2. The van der Waals surface area contributed by atoms with Gasteiger partial charge in [-0.2, -0.15) is 0 Å². The Hall–Kier alpha value is -0.860. The van der Waals surface area contributed by atoms with Gasteiger partial charge in [0, 0.05) is 19.1 Å². The summed E-state index contributed by atoms with van der Waals surface area (Å²) in [5.41, 5.74) is 2.95. The maximum absolute atomic E-state index is 3.53. The molecule has 0 saturated heterocycles. The van der Waals surface area contributed by atoms with Gasteiger partial charge in [0.05, 0.1) is 0 Å². The van der Waals surface area contributed by atoms with Crippen molar-refractivity contribution < 1.29 is 0 Å². The normalized spacial score (nSPS) is 16.8. The number of hydrogen-bond acceptors (Lipinski definition) is 2. The van der Waals surface area contributed by atoms with Crippen LogP contribution in [0, 0.1) is 0 Å². The van der Waals surface area contributed by atoms with Gasteiger partial charge in [-0.1, -0.05) is 50.5 Å². The van der Waals surface area contributed by atoms with Crippen LogP contribution in [0.4, 0.5) is 0 Å². The van der Waals surface area contributed by atoms with Crippen LogP contribution < -0.4 is 5.32 Å². The lowest BCUT2D eigenvalue weighted by Crippen LogP contribution is -2.33. The zero-order valence-electron chi connectivity index (χ0n) is 13.2. The maximum Gasteiger partial charge on any atom is 0.0236 e. The number of nitrogens with one attached hydrogen (secondary N) is 1. The number of benzene rings is 1. The molecule has 112 valence electrons. The summed E-state index contributed by atoms with van der Waals surface area (Å²) >= 11 is 0. The Morgan fingerprint density at radius 3 is 2.50 bits per heavy atom. The number of nitrogens with zero attached hydrogens (tertiary/aromatic N) is 1. The van der Waals surface area contributed by atoms with Gasteiger partial charge in [0.15, 0.2) is 0 Å². The Morgan fingerprint density at radius 1 is 1.10 bits per heavy atom. The van der Waals surface area contributed by atoms with E-state index in [0.29, 0.717) is 0 Å². The van der Waals surface area contributed by atoms with E-state index in [2.05, 4.69) is 48.5 Å². The van der Waals surface area contributed by atoms with Crippen LogP contribution in [-0.4, -0.2) is 24.5 Å². The van der Waals surface area contributed by atoms with Gasteiger partial charge in [-0.3, -0.25) is 4.90 Å². The molecule has 2 nitrogen and oxygen atoms in total. The Balaban J connectivity index is 1.93. The van der Waals surface area contributed by atoms with Crippen LogP contribution in [0.5, 0.6) is 0 Å². The van der Waals surface area contributed by atoms with Crippen molar-refractivity contribution in [1.29, 1.82) is 0 Å². The van der Waals surface area contributed by atoms with Crippen LogP contribution in [0.1, 0.15) is 56.6 Å². The highest BCUT2D eigenvalue weighted by Gasteiger charge is 2.18. The quantitative estimate of drug-likeness (QED) is 0.757. The molecule has 1 aromatic rings. The Morgan fingerprint density at radius 2 is 1.80 bits per heavy atom. The van der Waals surface area contributed by atoms with Crippen LogP contribution in [0.3, 0.4) is 0 Å². The molecule has 0 amide bonds. The molecule has 1 aromatic carbocycles. The molecule has 0 aromatic heterocycles. The van der Waals surface area contributed by atoms with Gasteiger partial charge in [-0.15, -0.1) is 0 Å². The fraction of sp³-hybridized carbons (Fsp3) is 0.667. The van der Waals surface area contributed by atoms with Gasteiger partial charge in [0.1, 0.15) is 0 Å². The van der Waals surface area contributed by atoms with E-state index in [1.165, 1.54) is 49.7 Å². The van der Waals surface area contributed by atoms with E-state index in [9.17, 15) is 0 Å². The highest BCUT2D eigenvalue weighted by atomic mass is 15.1. The first-order chi connectivity index (χ1) is 9.81. The van der Waals surface area contributed by atoms with Crippen LogP contribution in [0.2, 0.25) is 0 Å². The van der Waals surface area contributed by atoms with Crippen molar-refractivity contribution in [3.8, 4) is 0 Å². The molecule has 0 spiro atoms. The summed E-state index contributed by atoms with van der Waals surface area (Å²) in [5, 5.41) is 3.53. The van der Waals surface area contributed by atoms with E-state index >= 15 is 0 Å². The second-order valence-electron chi connectivity index (χ2n) is 6.15. The monoisotopic (exact) mass is 274 g/mol. The van der Waals surface area contributed by atoms with Gasteiger partial charge in [-0.25, -0.2) is 0 Å². The molecule has 2 heteroatoms. The van der Waals surface area contributed by atoms with Crippen LogP contribution in [0.25, 0.3) is 0 Å². The summed E-state index contributed by atoms with van der Waals surface area (Å²) in [6, 6.07) is 9.69. The molecule has 1 fully saturated rings. The van der Waals surface area contributed by atoms with Crippen LogP contribution >= 0.6 is 0 Å². The Bertz CT molecular complexity index is 383. The average Bonchev–Trinajstić information content (AvgIpc) is 2.50. The number of hydrogen-bond donors (Lipinski definition) is 1. The molecule has 0 unspecified atom stereocenters. The number of rotatable bonds is 7. The minimum absolute atomic E-state index is 0.792. The fourth-order valence-electron chi connectivity index (χ4n) is 3.20. The topological polar surface area (TPSA) is 15.3 Å². The molecule has 1 saturated carbocycles. The Kier molecular flexibility index (Phi) is 6.55. The predicted molar refractivity (Wildman–Crippen MR) is 86.8 cm³/mol. The smallest absolute Gasteiger partial charge is 0.0236 e. The first-order valence-electron chi connectivity index (χ1n) is 8.29. The van der Waals surface area contributed by atoms with Crippen molar-refractivity contribution in [2.45, 2.75) is 64.6 Å². The first-order valence-corrected chi connectivity index (χ1v) is 8.29. The summed E-state index contributed by atoms with van der Waals surface area (Å²) < 4.78 is 0. The molecule has 2 rings (SSSR count). The van der Waals surface area contributed by atoms with E-state index < -0.39 is 0 Å². The van der Waals surface area contributed by atoms with Crippen LogP contribution in [0.15, 0.2) is 24.3 Å². The van der Waals surface area contributed by atoms with Gasteiger partial charge in [0.25, 0.3) is 0 Å². The van der Waals surface area contributed by atoms with E-state index in [4.69, 9.17) is 0 Å². The van der Waals surface area contributed by atoms with E-state index in [0.717, 1.165) is 25.7 Å². The van der Waals surface area contributed by atoms with E-state index in [-0.39, 0.29) is 0 Å². The summed E-state index contributed by atoms with van der Waals surface area (Å²) in [6.45, 7) is 5.42. The SMILES string of the molecule is CCCNCc1ccccc1CN(C)C1CCCCC1. The van der Waals surface area contributed by atoms with Gasteiger partial charge in [0.2, 0.25) is 0 Å². The molecule has 0 radical (unpaired) electrons. The zero-order chi connectivity index (χ0) is 14.2. The second kappa shape index (κ2) is 8.43. The summed E-state index contributed by atoms with van der Waals surface area (Å²) in [4.78, 5) is 2.57. The van der Waals surface area contributed by atoms with Gasteiger partial charge in [-0.05, 0) is 44.0 Å². The third-order valence-corrected chi connectivity index (χ3v) is 4.48. The lowest BCUT2D eigenvalue weighted by Gasteiger charge is -2.31. The second-order valence-corrected chi connectivity index (χ2v) is 6.15. The minimum atomic E-state index is 0.792. The lowest BCUT2D eigenvalue weighted by atomic mass is 9.94. The highest BCUT2D eigenvalue weighted by molar-refractivity contribution is 5.27. The molecule has 1 aliphatic carbocycles. The van der Waals surface area contributed by atoms with E-state index in [1.807, 2.05) is 0 Å². The van der Waals surface area contributed by atoms with Gasteiger partial charge >= 0.3 is 0 Å². The molecule has 20 heavy (non-hydrogen) atoms. The predicted octanol–water partition coefficient (Wildman–Crippen LogP) is 3.95. The molecular weight excluding hydrogens is 244 g/mol. The Labute approximate surface area is 124 Å². The van der Waals surface area contributed by atoms with Crippen molar-refractivity contribution in [3.05, 3.63) is 35.4 Å². The molecular formula is C18H30N2. The van der Waals surface area contributed by atoms with Crippen molar-refractivity contribution in [1.82, 2.24) is 10.2 Å². The molecule has 0 bridgehead atoms.